The summed E-state index contributed by atoms with van der Waals surface area (Å²) < 4.78 is 43.8. The lowest BCUT2D eigenvalue weighted by Gasteiger charge is -2.34. The van der Waals surface area contributed by atoms with Crippen LogP contribution in [-0.4, -0.2) is 24.6 Å². The third kappa shape index (κ3) is 3.52. The number of methoxy groups -OCH3 is 1. The van der Waals surface area contributed by atoms with Crippen LogP contribution < -0.4 is 0 Å². The molecule has 0 spiro atoms. The van der Waals surface area contributed by atoms with E-state index in [0.717, 1.165) is 12.1 Å². The largest absolute Gasteiger partial charge is 0.468 e. The molecule has 2 aliphatic rings. The Morgan fingerprint density at radius 1 is 1.30 bits per heavy atom. The number of halogens is 4. The van der Waals surface area contributed by atoms with Gasteiger partial charge in [0.2, 0.25) is 0 Å². The van der Waals surface area contributed by atoms with Gasteiger partial charge in [-0.2, -0.15) is 13.2 Å². The number of ketones is 1. The molecule has 0 N–H and O–H groups in total. The number of allylic oxidation sites excluding steroid dienone is 2. The van der Waals surface area contributed by atoms with Crippen molar-refractivity contribution in [3.8, 4) is 0 Å². The van der Waals surface area contributed by atoms with Gasteiger partial charge in [0.05, 0.1) is 12.7 Å². The zero-order valence-electron chi connectivity index (χ0n) is 14.7. The predicted octanol–water partition coefficient (Wildman–Crippen LogP) is 4.71. The first-order valence-electron chi connectivity index (χ1n) is 8.41. The number of nitrogens with zero attached hydrogens (tertiary/aromatic N) is 1. The Hall–Kier alpha value is -2.15. The van der Waals surface area contributed by atoms with Crippen LogP contribution in [0.2, 0.25) is 5.02 Å². The smallest absolute Gasteiger partial charge is 0.416 e. The van der Waals surface area contributed by atoms with Crippen molar-refractivity contribution in [1.82, 2.24) is 0 Å². The molecule has 0 aromatic heterocycles. The number of hydrogen-bond donors (Lipinski definition) is 0. The number of alkyl halides is 3. The Labute approximate surface area is 159 Å². The first-order chi connectivity index (χ1) is 12.6. The highest BCUT2D eigenvalue weighted by atomic mass is 35.5. The van der Waals surface area contributed by atoms with E-state index in [1.807, 2.05) is 0 Å². The molecule has 0 radical (unpaired) electrons. The van der Waals surface area contributed by atoms with E-state index in [4.69, 9.17) is 16.3 Å². The van der Waals surface area contributed by atoms with E-state index in [0.29, 0.717) is 36.2 Å². The van der Waals surface area contributed by atoms with Crippen molar-refractivity contribution in [2.75, 3.05) is 7.11 Å². The Morgan fingerprint density at radius 3 is 2.59 bits per heavy atom. The van der Waals surface area contributed by atoms with E-state index < -0.39 is 29.5 Å². The quantitative estimate of drug-likeness (QED) is 0.676. The van der Waals surface area contributed by atoms with Crippen LogP contribution in [0.4, 0.5) is 13.2 Å². The minimum Gasteiger partial charge on any atom is -0.468 e. The van der Waals surface area contributed by atoms with Gasteiger partial charge >= 0.3 is 12.1 Å². The Bertz CT molecular complexity index is 873. The van der Waals surface area contributed by atoms with Crippen LogP contribution in [0.15, 0.2) is 34.5 Å². The number of aliphatic imine (C=N–C) groups is 1. The highest BCUT2D eigenvalue weighted by molar-refractivity contribution is 6.31. The maximum absolute atomic E-state index is 13.0. The van der Waals surface area contributed by atoms with Gasteiger partial charge in [0.1, 0.15) is 5.92 Å². The fourth-order valence-corrected chi connectivity index (χ4v) is 4.03. The second-order valence-corrected chi connectivity index (χ2v) is 7.01. The molecule has 0 saturated heterocycles. The summed E-state index contributed by atoms with van der Waals surface area (Å²) in [6, 6.07) is 2.96. The fraction of sp³-hybridized carbons (Fsp3) is 0.421. The summed E-state index contributed by atoms with van der Waals surface area (Å²) in [5.74, 6) is -2.50. The lowest BCUT2D eigenvalue weighted by Crippen LogP contribution is -2.37. The molecule has 144 valence electrons. The molecule has 0 saturated carbocycles. The molecule has 0 fully saturated rings. The van der Waals surface area contributed by atoms with Crippen LogP contribution in [0, 0.1) is 5.92 Å². The third-order valence-corrected chi connectivity index (χ3v) is 5.28. The zero-order valence-corrected chi connectivity index (χ0v) is 15.4. The SMILES string of the molecule is COC(=O)C1C(C)=NC2=C(C(=O)CCC2)[C@@H]1c1ccc(C(F)(F)F)cc1Cl. The Morgan fingerprint density at radius 2 is 2.00 bits per heavy atom. The maximum atomic E-state index is 13.0. The van der Waals surface area contributed by atoms with Crippen LogP contribution in [0.1, 0.15) is 43.2 Å². The minimum absolute atomic E-state index is 0.149. The molecule has 3 rings (SSSR count). The normalized spacial score (nSPS) is 23.0. The number of hydrogen-bond acceptors (Lipinski definition) is 4. The molecular formula is C19H17ClF3NO3. The van der Waals surface area contributed by atoms with E-state index >= 15 is 0 Å². The van der Waals surface area contributed by atoms with Gasteiger partial charge in [-0.15, -0.1) is 0 Å². The molecule has 8 heteroatoms. The summed E-state index contributed by atoms with van der Waals surface area (Å²) in [5, 5.41) is -0.149. The van der Waals surface area contributed by atoms with Crippen LogP contribution >= 0.6 is 11.6 Å². The van der Waals surface area contributed by atoms with E-state index in [1.54, 1.807) is 6.92 Å². The van der Waals surface area contributed by atoms with E-state index in [9.17, 15) is 22.8 Å². The number of benzene rings is 1. The number of Topliss-reactive ketones (excluding diaryl/α,β-unsaturated/α-hetero) is 1. The Kier molecular flexibility index (Phi) is 5.16. The topological polar surface area (TPSA) is 55.7 Å². The summed E-state index contributed by atoms with van der Waals surface area (Å²) in [4.78, 5) is 29.4. The Balaban J connectivity index is 2.19. The third-order valence-electron chi connectivity index (χ3n) is 4.95. The first-order valence-corrected chi connectivity index (χ1v) is 8.78. The average molecular weight is 400 g/mol. The van der Waals surface area contributed by atoms with Crippen molar-refractivity contribution in [2.24, 2.45) is 10.9 Å². The lowest BCUT2D eigenvalue weighted by molar-refractivity contribution is -0.143. The summed E-state index contributed by atoms with van der Waals surface area (Å²) in [6.45, 7) is 1.65. The van der Waals surface area contributed by atoms with Crippen molar-refractivity contribution in [3.05, 3.63) is 45.6 Å². The molecule has 2 atom stereocenters. The van der Waals surface area contributed by atoms with Gasteiger partial charge in [-0.1, -0.05) is 17.7 Å². The molecule has 1 aliphatic carbocycles. The van der Waals surface area contributed by atoms with Crippen molar-refractivity contribution in [1.29, 1.82) is 0 Å². The number of esters is 1. The molecule has 1 heterocycles. The van der Waals surface area contributed by atoms with E-state index in [2.05, 4.69) is 4.99 Å². The van der Waals surface area contributed by atoms with Crippen molar-refractivity contribution < 1.29 is 27.5 Å². The van der Waals surface area contributed by atoms with E-state index in [-0.39, 0.29) is 16.4 Å². The molecule has 0 bridgehead atoms. The molecule has 0 amide bonds. The molecule has 1 aromatic carbocycles. The average Bonchev–Trinajstić information content (AvgIpc) is 2.59. The van der Waals surface area contributed by atoms with Gasteiger partial charge in [-0.25, -0.2) is 0 Å². The van der Waals surface area contributed by atoms with Gasteiger partial charge < -0.3 is 4.74 Å². The van der Waals surface area contributed by atoms with Gasteiger partial charge in [0.15, 0.2) is 5.78 Å². The maximum Gasteiger partial charge on any atom is 0.416 e. The summed E-state index contributed by atoms with van der Waals surface area (Å²) in [6.07, 6.45) is -3.03. The highest BCUT2D eigenvalue weighted by Gasteiger charge is 2.44. The lowest BCUT2D eigenvalue weighted by atomic mass is 9.71. The monoisotopic (exact) mass is 399 g/mol. The second kappa shape index (κ2) is 7.11. The summed E-state index contributed by atoms with van der Waals surface area (Å²) in [5.41, 5.74) is 0.776. The molecule has 1 unspecified atom stereocenters. The van der Waals surface area contributed by atoms with Crippen molar-refractivity contribution in [3.63, 3.8) is 0 Å². The predicted molar refractivity (Wildman–Crippen MR) is 93.7 cm³/mol. The fourth-order valence-electron chi connectivity index (χ4n) is 3.73. The molecule has 1 aliphatic heterocycles. The van der Waals surface area contributed by atoms with Gasteiger partial charge in [0.25, 0.3) is 0 Å². The minimum atomic E-state index is -4.54. The van der Waals surface area contributed by atoms with Gasteiger partial charge in [0, 0.05) is 34.3 Å². The summed E-state index contributed by atoms with van der Waals surface area (Å²) >= 11 is 6.18. The van der Waals surface area contributed by atoms with Crippen molar-refractivity contribution in [2.45, 2.75) is 38.3 Å². The molecule has 4 nitrogen and oxygen atoms in total. The second-order valence-electron chi connectivity index (χ2n) is 6.60. The standard InChI is InChI=1S/C19H17ClF3NO3/c1-9-15(18(26)27-2)16(17-13(24-9)4-3-5-14(17)25)11-7-6-10(8-12(11)20)19(21,22)23/h6-8,15-16H,3-5H2,1-2H3/t15?,16-/m1/s1. The van der Waals surface area contributed by atoms with Crippen LogP contribution in [-0.2, 0) is 20.5 Å². The number of rotatable bonds is 2. The van der Waals surface area contributed by atoms with Crippen LogP contribution in [0.3, 0.4) is 0 Å². The molecule has 1 aromatic rings. The van der Waals surface area contributed by atoms with Crippen LogP contribution in [0.25, 0.3) is 0 Å². The zero-order chi connectivity index (χ0) is 19.9. The molecule has 27 heavy (non-hydrogen) atoms. The van der Waals surface area contributed by atoms with Crippen LogP contribution in [0.5, 0.6) is 0 Å². The number of ether oxygens (including phenoxy) is 1. The van der Waals surface area contributed by atoms with Gasteiger partial charge in [-0.05, 0) is 37.5 Å². The van der Waals surface area contributed by atoms with Crippen molar-refractivity contribution >= 4 is 29.1 Å². The van der Waals surface area contributed by atoms with Gasteiger partial charge in [-0.3, -0.25) is 14.6 Å². The summed E-state index contributed by atoms with van der Waals surface area (Å²) in [7, 11) is 1.22. The number of carbonyl (C=O) groups is 2. The first kappa shape index (κ1) is 19.6. The number of carbonyl (C=O) groups excluding carboxylic acids is 2. The highest BCUT2D eigenvalue weighted by Crippen LogP contribution is 2.46. The molecular weight excluding hydrogens is 383 g/mol. The van der Waals surface area contributed by atoms with E-state index in [1.165, 1.54) is 13.2 Å².